The Hall–Kier alpha value is -3.00. The Morgan fingerprint density at radius 3 is 2.08 bits per heavy atom. The van der Waals surface area contributed by atoms with E-state index >= 15 is 0 Å². The van der Waals surface area contributed by atoms with Gasteiger partial charge in [0, 0.05) is 11.3 Å². The fourth-order valence-electron chi connectivity index (χ4n) is 4.03. The van der Waals surface area contributed by atoms with Crippen LogP contribution in [0.1, 0.15) is 17.0 Å². The first-order valence-electron chi connectivity index (χ1n) is 11.6. The minimum absolute atomic E-state index is 0. The molecule has 0 atom stereocenters. The molecule has 1 heterocycles. The minimum Gasteiger partial charge on any atom is -0.448 e. The quantitative estimate of drug-likeness (QED) is 0.297. The first-order valence-corrected chi connectivity index (χ1v) is 14.5. The molecule has 0 bridgehead atoms. The van der Waals surface area contributed by atoms with Crippen molar-refractivity contribution in [3.05, 3.63) is 101 Å². The van der Waals surface area contributed by atoms with Crippen LogP contribution < -0.4 is 40.0 Å². The Morgan fingerprint density at radius 1 is 0.897 bits per heavy atom. The van der Waals surface area contributed by atoms with Gasteiger partial charge in [-0.3, -0.25) is 4.79 Å². The van der Waals surface area contributed by atoms with Gasteiger partial charge in [-0.15, -0.1) is 0 Å². The van der Waals surface area contributed by atoms with Crippen LogP contribution in [0.5, 0.6) is 0 Å². The summed E-state index contributed by atoms with van der Waals surface area (Å²) in [5.74, 6) is 0. The molecule has 4 aromatic rings. The summed E-state index contributed by atoms with van der Waals surface area (Å²) in [7, 11) is -8.28. The first kappa shape index (κ1) is 30.5. The minimum atomic E-state index is -4.31. The Kier molecular flexibility index (Phi) is 9.75. The van der Waals surface area contributed by atoms with E-state index in [4.69, 9.17) is 10.2 Å². The zero-order valence-corrected chi connectivity index (χ0v) is 25.3. The van der Waals surface area contributed by atoms with Crippen molar-refractivity contribution in [3.63, 3.8) is 0 Å². The molecule has 0 spiro atoms. The Bertz CT molecular complexity index is 1670. The number of carbonyl (C=O) groups is 1. The zero-order chi connectivity index (χ0) is 27.5. The monoisotopic (exact) mass is 575 g/mol. The molecule has 0 aliphatic rings. The Balaban J connectivity index is 0.00000420. The molecule has 0 radical (unpaired) electrons. The summed E-state index contributed by atoms with van der Waals surface area (Å²) in [6.07, 6.45) is 0.455. The van der Waals surface area contributed by atoms with Crippen LogP contribution in [-0.2, 0) is 26.5 Å². The molecule has 39 heavy (non-hydrogen) atoms. The Morgan fingerprint density at radius 2 is 1.49 bits per heavy atom. The third-order valence-corrected chi connectivity index (χ3v) is 8.08. The number of benzene rings is 3. The molecule has 198 valence electrons. The van der Waals surface area contributed by atoms with Crippen molar-refractivity contribution in [3.8, 4) is 16.8 Å². The van der Waals surface area contributed by atoms with Crippen molar-refractivity contribution in [1.82, 2.24) is 15.1 Å². The smallest absolute Gasteiger partial charge is 0.448 e. The van der Waals surface area contributed by atoms with Gasteiger partial charge < -0.3 is 10.0 Å². The topological polar surface area (TPSA) is 155 Å². The first-order chi connectivity index (χ1) is 18.0. The largest absolute Gasteiger partial charge is 1.00 e. The van der Waals surface area contributed by atoms with Crippen LogP contribution in [0.2, 0.25) is 0 Å². The van der Waals surface area contributed by atoms with Crippen LogP contribution in [0.3, 0.4) is 0 Å². The van der Waals surface area contributed by atoms with Gasteiger partial charge in [-0.05, 0) is 74.3 Å². The molecule has 0 unspecified atom stereocenters. The molecule has 13 heteroatoms. The summed E-state index contributed by atoms with van der Waals surface area (Å²) >= 11 is 0. The molecule has 10 nitrogen and oxygen atoms in total. The van der Waals surface area contributed by atoms with Gasteiger partial charge in [0.15, 0.2) is 6.03 Å². The maximum absolute atomic E-state index is 12.3. The number of amides is 2. The summed E-state index contributed by atoms with van der Waals surface area (Å²) < 4.78 is 52.4. The van der Waals surface area contributed by atoms with Crippen molar-refractivity contribution in [2.45, 2.75) is 30.1 Å². The van der Waals surface area contributed by atoms with Crippen molar-refractivity contribution >= 4 is 26.1 Å². The van der Waals surface area contributed by atoms with Gasteiger partial charge in [0.1, 0.15) is 0 Å². The van der Waals surface area contributed by atoms with Gasteiger partial charge in [-0.25, -0.2) is 26.7 Å². The molecule has 1 aromatic heterocycles. The fourth-order valence-corrected chi connectivity index (χ4v) is 5.41. The standard InChI is InChI=1S/C26H27N5O5S2.Na/c1-18-25(21-6-4-3-5-7-21)19(2)31(29-18)22-10-8-20(9-11-22)16-17-28-26(32)30-38(35,36)24-14-12-23(13-15-24)37(27,33)34;/h3-15H,16-17H2,1-2H3,(H4,27,28,30,32,33,34);/q;+1/p-1. The normalized spacial score (nSPS) is 11.5. The summed E-state index contributed by atoms with van der Waals surface area (Å²) in [6, 6.07) is 20.9. The molecule has 2 amide bonds. The number of nitrogens with one attached hydrogen (secondary N) is 1. The van der Waals surface area contributed by atoms with Gasteiger partial charge in [0.05, 0.1) is 21.2 Å². The van der Waals surface area contributed by atoms with Crippen LogP contribution in [0.15, 0.2) is 88.7 Å². The Labute approximate surface area is 250 Å². The van der Waals surface area contributed by atoms with Crippen molar-refractivity contribution in [2.75, 3.05) is 6.54 Å². The average Bonchev–Trinajstić information content (AvgIpc) is 3.18. The molecule has 0 saturated carbocycles. The van der Waals surface area contributed by atoms with Gasteiger partial charge in [-0.1, -0.05) is 42.5 Å². The second-order valence-electron chi connectivity index (χ2n) is 8.55. The maximum atomic E-state index is 12.3. The van der Waals surface area contributed by atoms with Crippen molar-refractivity contribution in [1.29, 1.82) is 0 Å². The zero-order valence-electron chi connectivity index (χ0n) is 21.7. The average molecular weight is 576 g/mol. The summed E-state index contributed by atoms with van der Waals surface area (Å²) in [4.78, 5) is 11.5. The van der Waals surface area contributed by atoms with Crippen LogP contribution in [0, 0.1) is 13.8 Å². The number of sulfonamides is 2. The van der Waals surface area contributed by atoms with E-state index in [0.29, 0.717) is 6.42 Å². The summed E-state index contributed by atoms with van der Waals surface area (Å²) in [6.45, 7) is 4.17. The van der Waals surface area contributed by atoms with Crippen LogP contribution in [0.25, 0.3) is 21.5 Å². The second-order valence-corrected chi connectivity index (χ2v) is 11.7. The van der Waals surface area contributed by atoms with Gasteiger partial charge in [0.25, 0.3) is 0 Å². The number of nitrogens with two attached hydrogens (primary N) is 1. The predicted molar refractivity (Wildman–Crippen MR) is 144 cm³/mol. The van der Waals surface area contributed by atoms with E-state index < -0.39 is 26.1 Å². The molecule has 0 aliphatic carbocycles. The molecular weight excluding hydrogens is 549 g/mol. The van der Waals surface area contributed by atoms with E-state index in [2.05, 4.69) is 22.2 Å². The van der Waals surface area contributed by atoms with E-state index in [1.807, 2.05) is 61.0 Å². The van der Waals surface area contributed by atoms with E-state index in [9.17, 15) is 21.6 Å². The van der Waals surface area contributed by atoms with Crippen LogP contribution >= 0.6 is 0 Å². The number of aryl methyl sites for hydroxylation is 1. The number of hydrogen-bond acceptors (Lipinski definition) is 6. The summed E-state index contributed by atoms with van der Waals surface area (Å²) in [5, 5.41) is 12.2. The molecule has 3 N–H and O–H groups in total. The number of urea groups is 1. The maximum Gasteiger partial charge on any atom is 1.00 e. The third-order valence-electron chi connectivity index (χ3n) is 5.88. The van der Waals surface area contributed by atoms with E-state index in [1.54, 1.807) is 0 Å². The molecule has 3 aromatic carbocycles. The van der Waals surface area contributed by atoms with Gasteiger partial charge >= 0.3 is 29.6 Å². The second kappa shape index (κ2) is 12.5. The van der Waals surface area contributed by atoms with Crippen LogP contribution in [-0.4, -0.2) is 39.2 Å². The fraction of sp³-hybridized carbons (Fsp3) is 0.154. The predicted octanol–water partition coefficient (Wildman–Crippen LogP) is 0.822. The third kappa shape index (κ3) is 7.35. The number of rotatable bonds is 8. The number of nitrogens with zero attached hydrogens (tertiary/aromatic N) is 3. The van der Waals surface area contributed by atoms with E-state index in [0.717, 1.165) is 58.0 Å². The molecular formula is C26H26N5NaO5S2. The van der Waals surface area contributed by atoms with Gasteiger partial charge in [-0.2, -0.15) is 5.10 Å². The number of aromatic nitrogens is 2. The number of primary sulfonamides is 1. The van der Waals surface area contributed by atoms with Gasteiger partial charge in [0.2, 0.25) is 20.0 Å². The molecule has 0 saturated heterocycles. The molecule has 4 rings (SSSR count). The van der Waals surface area contributed by atoms with Crippen molar-refractivity contribution in [2.24, 2.45) is 5.14 Å². The number of hydrogen-bond donors (Lipinski definition) is 2. The van der Waals surface area contributed by atoms with Crippen LogP contribution in [0.4, 0.5) is 4.79 Å². The van der Waals surface area contributed by atoms with E-state index in [1.165, 1.54) is 0 Å². The summed E-state index contributed by atoms with van der Waals surface area (Å²) in [5.41, 5.74) is 5.98. The number of carbonyl (C=O) groups excluding carboxylic acids is 1. The van der Waals surface area contributed by atoms with Crippen molar-refractivity contribution < 1.29 is 51.2 Å². The van der Waals surface area contributed by atoms with E-state index in [-0.39, 0.29) is 45.9 Å². The molecule has 0 fully saturated rings. The molecule has 0 aliphatic heterocycles. The SMILES string of the molecule is Cc1nn(-c2ccc(CCNC(=O)[N-]S(=O)(=O)c3ccc(S(N)(=O)=O)cc3)cc2)c(C)c1-c1ccccc1.[Na+].